The van der Waals surface area contributed by atoms with Gasteiger partial charge in [-0.05, 0) is 18.9 Å². The van der Waals surface area contributed by atoms with Crippen LogP contribution in [-0.2, 0) is 28.8 Å². The van der Waals surface area contributed by atoms with Crippen LogP contribution in [0.15, 0.2) is 12.2 Å². The Morgan fingerprint density at radius 3 is 3.11 bits per heavy atom. The fourth-order valence-electron chi connectivity index (χ4n) is 3.49. The Bertz CT molecular complexity index is 417. The van der Waals surface area contributed by atoms with Gasteiger partial charge in [0.2, 0.25) is 0 Å². The third-order valence-electron chi connectivity index (χ3n) is 4.20. The highest BCUT2D eigenvalue weighted by Gasteiger charge is 2.63. The summed E-state index contributed by atoms with van der Waals surface area (Å²) in [4.78, 5) is 32.2. The molecule has 6 nitrogen and oxygen atoms in total. The van der Waals surface area contributed by atoms with Crippen molar-refractivity contribution in [2.75, 3.05) is 13.7 Å². The second-order valence-corrected chi connectivity index (χ2v) is 5.16. The largest absolute Gasteiger partial charge is 0.458 e. The molecule has 5 unspecified atom stereocenters. The fraction of sp³-hybridized carbons (Fsp3) is 0.692. The molecule has 5 atom stereocenters. The van der Waals surface area contributed by atoms with Gasteiger partial charge in [0, 0.05) is 17.9 Å². The normalized spacial score (nSPS) is 39.0. The number of fused-ring (bicyclic) bond motifs is 1. The molecule has 6 heteroatoms. The molecular weight excluding hydrogens is 252 g/mol. The lowest BCUT2D eigenvalue weighted by Crippen LogP contribution is -2.35. The smallest absolute Gasteiger partial charge is 0.330 e. The zero-order valence-corrected chi connectivity index (χ0v) is 10.6. The van der Waals surface area contributed by atoms with Gasteiger partial charge in [0.15, 0.2) is 0 Å². The first-order valence-corrected chi connectivity index (χ1v) is 6.44. The minimum absolute atomic E-state index is 0.0376. The molecular formula is C13H16O6. The molecule has 104 valence electrons. The van der Waals surface area contributed by atoms with Gasteiger partial charge in [0.05, 0.1) is 13.0 Å². The third kappa shape index (κ3) is 2.15. The highest BCUT2D eigenvalue weighted by Crippen LogP contribution is 2.55. The van der Waals surface area contributed by atoms with E-state index < -0.39 is 5.97 Å². The number of hydrogen-bond donors (Lipinski definition) is 0. The fourth-order valence-corrected chi connectivity index (χ4v) is 3.49. The monoisotopic (exact) mass is 268 g/mol. The van der Waals surface area contributed by atoms with Crippen LogP contribution in [-0.4, -0.2) is 37.9 Å². The predicted molar refractivity (Wildman–Crippen MR) is 61.6 cm³/mol. The average molecular weight is 268 g/mol. The van der Waals surface area contributed by atoms with Crippen LogP contribution in [0.25, 0.3) is 0 Å². The van der Waals surface area contributed by atoms with Crippen LogP contribution < -0.4 is 0 Å². The van der Waals surface area contributed by atoms with Gasteiger partial charge < -0.3 is 9.47 Å². The highest BCUT2D eigenvalue weighted by atomic mass is 17.2. The topological polar surface area (TPSA) is 71.1 Å². The van der Waals surface area contributed by atoms with E-state index in [1.807, 2.05) is 0 Å². The molecule has 0 aromatic heterocycles. The van der Waals surface area contributed by atoms with E-state index in [2.05, 4.69) is 9.78 Å². The maximum atomic E-state index is 11.6. The van der Waals surface area contributed by atoms with E-state index in [1.54, 1.807) is 0 Å². The van der Waals surface area contributed by atoms with Gasteiger partial charge in [0.25, 0.3) is 0 Å². The summed E-state index contributed by atoms with van der Waals surface area (Å²) in [6.07, 6.45) is 4.02. The molecule has 2 saturated carbocycles. The summed E-state index contributed by atoms with van der Waals surface area (Å²) in [7, 11) is 1.40. The second kappa shape index (κ2) is 4.94. The minimum Gasteiger partial charge on any atom is -0.458 e. The summed E-state index contributed by atoms with van der Waals surface area (Å²) in [5, 5.41) is 0. The first-order valence-electron chi connectivity index (χ1n) is 6.44. The zero-order valence-electron chi connectivity index (χ0n) is 10.6. The second-order valence-electron chi connectivity index (χ2n) is 5.16. The van der Waals surface area contributed by atoms with Gasteiger partial charge >= 0.3 is 11.9 Å². The molecule has 0 N–H and O–H groups in total. The number of rotatable bonds is 5. The third-order valence-corrected chi connectivity index (χ3v) is 4.20. The SMILES string of the molecule is COOC/C=C\C(=O)OC1C2CC3C(=O)OC1C3C2. The van der Waals surface area contributed by atoms with Crippen LogP contribution >= 0.6 is 0 Å². The molecule has 0 aromatic rings. The Morgan fingerprint density at radius 2 is 2.32 bits per heavy atom. The molecule has 0 spiro atoms. The van der Waals surface area contributed by atoms with Crippen LogP contribution in [0, 0.1) is 17.8 Å². The van der Waals surface area contributed by atoms with Crippen molar-refractivity contribution in [2.45, 2.75) is 25.0 Å². The minimum atomic E-state index is -0.434. The molecule has 2 aliphatic carbocycles. The Hall–Kier alpha value is -1.40. The lowest BCUT2D eigenvalue weighted by atomic mass is 9.88. The summed E-state index contributed by atoms with van der Waals surface area (Å²) >= 11 is 0. The van der Waals surface area contributed by atoms with Crippen LogP contribution in [0.5, 0.6) is 0 Å². The van der Waals surface area contributed by atoms with Crippen LogP contribution in [0.2, 0.25) is 0 Å². The summed E-state index contributed by atoms with van der Waals surface area (Å²) in [5.41, 5.74) is 0. The Kier molecular flexibility index (Phi) is 3.28. The molecule has 0 radical (unpaired) electrons. The molecule has 3 aliphatic rings. The lowest BCUT2D eigenvalue weighted by Gasteiger charge is -2.24. The number of carbonyl (C=O) groups is 2. The van der Waals surface area contributed by atoms with E-state index in [9.17, 15) is 9.59 Å². The van der Waals surface area contributed by atoms with E-state index in [0.29, 0.717) is 0 Å². The van der Waals surface area contributed by atoms with Gasteiger partial charge in [-0.3, -0.25) is 4.79 Å². The van der Waals surface area contributed by atoms with Gasteiger partial charge in [-0.15, -0.1) is 0 Å². The first-order chi connectivity index (χ1) is 9.20. The molecule has 3 rings (SSSR count). The lowest BCUT2D eigenvalue weighted by molar-refractivity contribution is -0.263. The van der Waals surface area contributed by atoms with Crippen LogP contribution in [0.4, 0.5) is 0 Å². The van der Waals surface area contributed by atoms with Crippen molar-refractivity contribution in [1.29, 1.82) is 0 Å². The van der Waals surface area contributed by atoms with Gasteiger partial charge in [-0.2, -0.15) is 0 Å². The average Bonchev–Trinajstić information content (AvgIpc) is 2.99. The van der Waals surface area contributed by atoms with Crippen LogP contribution in [0.1, 0.15) is 12.8 Å². The maximum Gasteiger partial charge on any atom is 0.330 e. The maximum absolute atomic E-state index is 11.6. The van der Waals surface area contributed by atoms with Crippen molar-refractivity contribution >= 4 is 11.9 Å². The van der Waals surface area contributed by atoms with E-state index in [0.717, 1.165) is 12.8 Å². The molecule has 19 heavy (non-hydrogen) atoms. The van der Waals surface area contributed by atoms with Gasteiger partial charge in [0.1, 0.15) is 18.8 Å². The van der Waals surface area contributed by atoms with Crippen molar-refractivity contribution in [3.63, 3.8) is 0 Å². The summed E-state index contributed by atoms with van der Waals surface area (Å²) < 4.78 is 10.7. The van der Waals surface area contributed by atoms with Crippen molar-refractivity contribution in [3.05, 3.63) is 12.2 Å². The molecule has 1 aliphatic heterocycles. The van der Waals surface area contributed by atoms with E-state index in [4.69, 9.17) is 9.47 Å². The van der Waals surface area contributed by atoms with E-state index in [-0.39, 0.29) is 42.5 Å². The van der Waals surface area contributed by atoms with Gasteiger partial charge in [-0.25, -0.2) is 14.6 Å². The molecule has 2 bridgehead atoms. The number of hydrogen-bond acceptors (Lipinski definition) is 6. The number of carbonyl (C=O) groups excluding carboxylic acids is 2. The molecule has 1 saturated heterocycles. The summed E-state index contributed by atoms with van der Waals surface area (Å²) in [5.74, 6) is -0.0115. The van der Waals surface area contributed by atoms with Crippen molar-refractivity contribution in [1.82, 2.24) is 0 Å². The Labute approximate surface area is 110 Å². The van der Waals surface area contributed by atoms with E-state index >= 15 is 0 Å². The van der Waals surface area contributed by atoms with Crippen molar-refractivity contribution < 1.29 is 28.8 Å². The van der Waals surface area contributed by atoms with Crippen molar-refractivity contribution in [2.24, 2.45) is 17.8 Å². The zero-order chi connectivity index (χ0) is 13.4. The first kappa shape index (κ1) is 12.6. The molecule has 1 heterocycles. The predicted octanol–water partition coefficient (Wildman–Crippen LogP) is 0.614. The molecule has 3 fully saturated rings. The standard InChI is InChI=1S/C13H16O6/c1-16-17-4-2-3-10(14)18-11-7-5-8-9(6-7)13(15)19-12(8)11/h2-3,7-9,11-12H,4-6H2,1H3/b3-2-. The Morgan fingerprint density at radius 1 is 1.47 bits per heavy atom. The Balaban J connectivity index is 1.55. The molecule has 0 amide bonds. The van der Waals surface area contributed by atoms with Crippen LogP contribution in [0.3, 0.4) is 0 Å². The van der Waals surface area contributed by atoms with E-state index in [1.165, 1.54) is 19.3 Å². The molecule has 0 aromatic carbocycles. The van der Waals surface area contributed by atoms with Gasteiger partial charge in [-0.1, -0.05) is 0 Å². The quantitative estimate of drug-likeness (QED) is 0.239. The van der Waals surface area contributed by atoms with Crippen molar-refractivity contribution in [3.8, 4) is 0 Å². The highest BCUT2D eigenvalue weighted by molar-refractivity contribution is 5.82. The number of esters is 2. The summed E-state index contributed by atoms with van der Waals surface area (Å²) in [6, 6.07) is 0. The summed E-state index contributed by atoms with van der Waals surface area (Å²) in [6.45, 7) is 0.183. The number of ether oxygens (including phenoxy) is 2.